The summed E-state index contributed by atoms with van der Waals surface area (Å²) in [6.07, 6.45) is -1.04. The summed E-state index contributed by atoms with van der Waals surface area (Å²) in [6, 6.07) is 4.01. The second-order valence-electron chi connectivity index (χ2n) is 3.38. The maximum absolute atomic E-state index is 12.3. The minimum Gasteiger partial charge on any atom is -0.211 e. The fourth-order valence-corrected chi connectivity index (χ4v) is 1.38. The van der Waals surface area contributed by atoms with Gasteiger partial charge in [0.1, 0.15) is 0 Å². The summed E-state index contributed by atoms with van der Waals surface area (Å²) >= 11 is 0. The van der Waals surface area contributed by atoms with Crippen molar-refractivity contribution in [3.63, 3.8) is 0 Å². The van der Waals surface area contributed by atoms with Crippen molar-refractivity contribution in [3.8, 4) is 0 Å². The molecule has 0 aromatic heterocycles. The minimum atomic E-state index is -4.36. The van der Waals surface area contributed by atoms with E-state index in [9.17, 15) is 18.0 Å². The van der Waals surface area contributed by atoms with Crippen molar-refractivity contribution in [2.75, 3.05) is 0 Å². The molecule has 2 nitrogen and oxygen atoms in total. The Kier molecular flexibility index (Phi) is 4.24. The quantitative estimate of drug-likeness (QED) is 0.449. The first-order valence-electron chi connectivity index (χ1n) is 4.84. The summed E-state index contributed by atoms with van der Waals surface area (Å²) in [5.74, 6) is 0. The van der Waals surface area contributed by atoms with Crippen molar-refractivity contribution in [2.45, 2.75) is 18.6 Å². The van der Waals surface area contributed by atoms with Crippen LogP contribution in [-0.2, 0) is 11.0 Å². The van der Waals surface area contributed by atoms with E-state index in [1.807, 2.05) is 0 Å². The van der Waals surface area contributed by atoms with E-state index in [4.69, 9.17) is 0 Å². The molecule has 0 spiro atoms. The SMILES string of the molecule is C=CCC(N=C=O)c1ccc(C(F)(F)F)cc1. The topological polar surface area (TPSA) is 29.4 Å². The molecule has 0 bridgehead atoms. The lowest BCUT2D eigenvalue weighted by Gasteiger charge is -2.11. The number of alkyl halides is 3. The monoisotopic (exact) mass is 241 g/mol. The molecule has 1 aromatic rings. The summed E-state index contributed by atoms with van der Waals surface area (Å²) in [4.78, 5) is 13.7. The Morgan fingerprint density at radius 1 is 1.35 bits per heavy atom. The molecule has 0 aliphatic rings. The van der Waals surface area contributed by atoms with Crippen LogP contribution in [0.4, 0.5) is 13.2 Å². The largest absolute Gasteiger partial charge is 0.416 e. The van der Waals surface area contributed by atoms with Gasteiger partial charge in [-0.15, -0.1) is 6.58 Å². The molecule has 1 unspecified atom stereocenters. The third-order valence-corrected chi connectivity index (χ3v) is 2.22. The Balaban J connectivity index is 2.99. The van der Waals surface area contributed by atoms with E-state index in [1.165, 1.54) is 18.2 Å². The highest BCUT2D eigenvalue weighted by Crippen LogP contribution is 2.30. The number of benzene rings is 1. The predicted molar refractivity (Wildman–Crippen MR) is 57.1 cm³/mol. The van der Waals surface area contributed by atoms with E-state index in [2.05, 4.69) is 11.6 Å². The molecule has 0 aliphatic heterocycles. The fraction of sp³-hybridized carbons (Fsp3) is 0.250. The fourth-order valence-electron chi connectivity index (χ4n) is 1.38. The zero-order chi connectivity index (χ0) is 12.9. The van der Waals surface area contributed by atoms with E-state index >= 15 is 0 Å². The number of carbonyl (C=O) groups excluding carboxylic acids is 1. The molecular formula is C12H10F3NO. The average Bonchev–Trinajstić information content (AvgIpc) is 2.28. The molecule has 17 heavy (non-hydrogen) atoms. The van der Waals surface area contributed by atoms with Gasteiger partial charge in [0, 0.05) is 0 Å². The molecule has 1 rings (SSSR count). The third kappa shape index (κ3) is 3.57. The molecule has 0 radical (unpaired) electrons. The van der Waals surface area contributed by atoms with Gasteiger partial charge in [0.25, 0.3) is 0 Å². The molecule has 1 atom stereocenters. The first-order chi connectivity index (χ1) is 7.99. The predicted octanol–water partition coefficient (Wildman–Crippen LogP) is 3.66. The van der Waals surface area contributed by atoms with E-state index < -0.39 is 17.8 Å². The molecule has 0 saturated heterocycles. The number of aliphatic imine (C=N–C) groups is 1. The van der Waals surface area contributed by atoms with Crippen molar-refractivity contribution in [3.05, 3.63) is 48.0 Å². The van der Waals surface area contributed by atoms with Crippen LogP contribution in [0.2, 0.25) is 0 Å². The molecule has 0 aliphatic carbocycles. The van der Waals surface area contributed by atoms with Crippen molar-refractivity contribution < 1.29 is 18.0 Å². The van der Waals surface area contributed by atoms with Gasteiger partial charge in [0.05, 0.1) is 11.6 Å². The van der Waals surface area contributed by atoms with E-state index in [-0.39, 0.29) is 0 Å². The van der Waals surface area contributed by atoms with Crippen LogP contribution < -0.4 is 0 Å². The zero-order valence-electron chi connectivity index (χ0n) is 8.87. The summed E-state index contributed by atoms with van der Waals surface area (Å²) < 4.78 is 36.9. The number of hydrogen-bond donors (Lipinski definition) is 0. The second-order valence-corrected chi connectivity index (χ2v) is 3.38. The minimum absolute atomic E-state index is 0.376. The maximum atomic E-state index is 12.3. The Labute approximate surface area is 96.5 Å². The number of hydrogen-bond acceptors (Lipinski definition) is 2. The van der Waals surface area contributed by atoms with Crippen LogP contribution in [0.5, 0.6) is 0 Å². The Morgan fingerprint density at radius 2 is 1.94 bits per heavy atom. The standard InChI is InChI=1S/C12H10F3NO/c1-2-3-11(16-8-17)9-4-6-10(7-5-9)12(13,14)15/h2,4-7,11H,1,3H2. The number of halogens is 3. The Bertz CT molecular complexity index is 430. The molecular weight excluding hydrogens is 231 g/mol. The molecule has 0 heterocycles. The number of nitrogens with zero attached hydrogens (tertiary/aromatic N) is 1. The first kappa shape index (κ1) is 13.2. The zero-order valence-corrected chi connectivity index (χ0v) is 8.87. The van der Waals surface area contributed by atoms with Gasteiger partial charge in [-0.25, -0.2) is 4.79 Å². The number of rotatable bonds is 4. The summed E-state index contributed by atoms with van der Waals surface area (Å²) in [7, 11) is 0. The molecule has 90 valence electrons. The smallest absolute Gasteiger partial charge is 0.211 e. The van der Waals surface area contributed by atoms with Gasteiger partial charge in [-0.3, -0.25) is 0 Å². The van der Waals surface area contributed by atoms with Crippen LogP contribution in [0.15, 0.2) is 41.9 Å². The average molecular weight is 241 g/mol. The van der Waals surface area contributed by atoms with Crippen molar-refractivity contribution in [1.82, 2.24) is 0 Å². The molecule has 0 N–H and O–H groups in total. The van der Waals surface area contributed by atoms with Crippen LogP contribution in [0, 0.1) is 0 Å². The van der Waals surface area contributed by atoms with Crippen LogP contribution in [0.25, 0.3) is 0 Å². The molecule has 0 saturated carbocycles. The molecule has 0 fully saturated rings. The van der Waals surface area contributed by atoms with E-state index in [0.717, 1.165) is 12.1 Å². The van der Waals surface area contributed by atoms with Gasteiger partial charge in [-0.05, 0) is 24.1 Å². The van der Waals surface area contributed by atoms with Gasteiger partial charge in [0.2, 0.25) is 6.08 Å². The highest BCUT2D eigenvalue weighted by atomic mass is 19.4. The lowest BCUT2D eigenvalue weighted by Crippen LogP contribution is -2.05. The van der Waals surface area contributed by atoms with Gasteiger partial charge in [0.15, 0.2) is 0 Å². The molecule has 1 aromatic carbocycles. The van der Waals surface area contributed by atoms with Gasteiger partial charge in [-0.2, -0.15) is 18.2 Å². The summed E-state index contributed by atoms with van der Waals surface area (Å²) in [5, 5.41) is 0. The second kappa shape index (κ2) is 5.46. The highest BCUT2D eigenvalue weighted by molar-refractivity contribution is 5.36. The van der Waals surface area contributed by atoms with Crippen LogP contribution in [-0.4, -0.2) is 6.08 Å². The van der Waals surface area contributed by atoms with Crippen molar-refractivity contribution >= 4 is 6.08 Å². The van der Waals surface area contributed by atoms with Gasteiger partial charge in [-0.1, -0.05) is 18.2 Å². The van der Waals surface area contributed by atoms with E-state index in [1.54, 1.807) is 6.08 Å². The molecule has 0 amide bonds. The highest BCUT2D eigenvalue weighted by Gasteiger charge is 2.30. The molecule has 5 heteroatoms. The third-order valence-electron chi connectivity index (χ3n) is 2.22. The van der Waals surface area contributed by atoms with Crippen molar-refractivity contribution in [1.29, 1.82) is 0 Å². The van der Waals surface area contributed by atoms with Crippen LogP contribution >= 0.6 is 0 Å². The van der Waals surface area contributed by atoms with E-state index in [0.29, 0.717) is 12.0 Å². The van der Waals surface area contributed by atoms with Crippen LogP contribution in [0.3, 0.4) is 0 Å². The summed E-state index contributed by atoms with van der Waals surface area (Å²) in [5.41, 5.74) is -0.199. The first-order valence-corrected chi connectivity index (χ1v) is 4.84. The lowest BCUT2D eigenvalue weighted by molar-refractivity contribution is -0.137. The van der Waals surface area contributed by atoms with Crippen LogP contribution in [0.1, 0.15) is 23.6 Å². The summed E-state index contributed by atoms with van der Waals surface area (Å²) in [6.45, 7) is 3.50. The van der Waals surface area contributed by atoms with Gasteiger partial charge >= 0.3 is 6.18 Å². The van der Waals surface area contributed by atoms with Crippen molar-refractivity contribution in [2.24, 2.45) is 4.99 Å². The Hall–Kier alpha value is -1.87. The lowest BCUT2D eigenvalue weighted by atomic mass is 10.0. The number of isocyanates is 1. The maximum Gasteiger partial charge on any atom is 0.416 e. The van der Waals surface area contributed by atoms with Gasteiger partial charge < -0.3 is 0 Å². The Morgan fingerprint density at radius 3 is 2.35 bits per heavy atom. The normalized spacial score (nSPS) is 12.6.